The van der Waals surface area contributed by atoms with Crippen molar-refractivity contribution in [3.63, 3.8) is 0 Å². The van der Waals surface area contributed by atoms with Gasteiger partial charge in [-0.1, -0.05) is 66.7 Å². The van der Waals surface area contributed by atoms with E-state index in [1.165, 1.54) is 0 Å². The monoisotopic (exact) mass is 353 g/mol. The molecule has 1 N–H and O–H groups in total. The lowest BCUT2D eigenvalue weighted by atomic mass is 9.99. The summed E-state index contributed by atoms with van der Waals surface area (Å²) in [5, 5.41) is 7.37. The van der Waals surface area contributed by atoms with E-state index < -0.39 is 0 Å². The van der Waals surface area contributed by atoms with E-state index >= 15 is 0 Å². The van der Waals surface area contributed by atoms with Gasteiger partial charge in [-0.2, -0.15) is 5.10 Å². The Morgan fingerprint density at radius 2 is 1.52 bits per heavy atom. The molecule has 4 nitrogen and oxygen atoms in total. The summed E-state index contributed by atoms with van der Waals surface area (Å²) in [5.74, 6) is -0.0954. The van der Waals surface area contributed by atoms with Gasteiger partial charge >= 0.3 is 0 Å². The second kappa shape index (κ2) is 7.70. The fourth-order valence-electron chi connectivity index (χ4n) is 3.00. The molecule has 0 saturated carbocycles. The lowest BCUT2D eigenvalue weighted by Crippen LogP contribution is -2.23. The highest BCUT2D eigenvalue weighted by atomic mass is 16.1. The number of aromatic nitrogens is 2. The highest BCUT2D eigenvalue weighted by Gasteiger charge is 2.12. The average Bonchev–Trinajstić information content (AvgIpc) is 3.22. The van der Waals surface area contributed by atoms with Gasteiger partial charge in [-0.05, 0) is 29.3 Å². The first kappa shape index (κ1) is 16.8. The van der Waals surface area contributed by atoms with Gasteiger partial charge in [0, 0.05) is 23.9 Å². The Kier molecular flexibility index (Phi) is 4.79. The van der Waals surface area contributed by atoms with Crippen molar-refractivity contribution < 1.29 is 4.79 Å². The molecule has 0 aliphatic heterocycles. The SMILES string of the molecule is O=C(NCc1cnn(-c2ccccc2)c1)c1ccccc1-c1ccccc1. The zero-order valence-corrected chi connectivity index (χ0v) is 14.7. The van der Waals surface area contributed by atoms with Crippen LogP contribution < -0.4 is 5.32 Å². The van der Waals surface area contributed by atoms with Crippen LogP contribution in [0.25, 0.3) is 16.8 Å². The molecule has 1 aromatic heterocycles. The summed E-state index contributed by atoms with van der Waals surface area (Å²) in [6.45, 7) is 0.425. The smallest absolute Gasteiger partial charge is 0.252 e. The standard InChI is InChI=1S/C23H19N3O/c27-23(22-14-8-7-13-21(22)19-9-3-1-4-10-19)24-15-18-16-25-26(17-18)20-11-5-2-6-12-20/h1-14,16-17H,15H2,(H,24,27). The van der Waals surface area contributed by atoms with Crippen LogP contribution in [0.5, 0.6) is 0 Å². The molecule has 0 aliphatic carbocycles. The molecule has 4 aromatic rings. The molecule has 0 bridgehead atoms. The third-order valence-electron chi connectivity index (χ3n) is 4.37. The highest BCUT2D eigenvalue weighted by molar-refractivity contribution is 6.00. The van der Waals surface area contributed by atoms with Crippen molar-refractivity contribution in [2.45, 2.75) is 6.54 Å². The minimum atomic E-state index is -0.0954. The quantitative estimate of drug-likeness (QED) is 0.575. The molecule has 0 unspecified atom stereocenters. The Bertz CT molecular complexity index is 1040. The number of benzene rings is 3. The van der Waals surface area contributed by atoms with Gasteiger partial charge in [-0.15, -0.1) is 0 Å². The first-order valence-electron chi connectivity index (χ1n) is 8.83. The molecule has 0 saturated heterocycles. The number of nitrogens with one attached hydrogen (secondary N) is 1. The van der Waals surface area contributed by atoms with Crippen LogP contribution >= 0.6 is 0 Å². The van der Waals surface area contributed by atoms with Gasteiger partial charge in [0.05, 0.1) is 11.9 Å². The lowest BCUT2D eigenvalue weighted by molar-refractivity contribution is 0.0951. The molecule has 132 valence electrons. The van der Waals surface area contributed by atoms with E-state index in [0.29, 0.717) is 12.1 Å². The molecule has 27 heavy (non-hydrogen) atoms. The highest BCUT2D eigenvalue weighted by Crippen LogP contribution is 2.23. The maximum atomic E-state index is 12.8. The number of nitrogens with zero attached hydrogens (tertiary/aromatic N) is 2. The number of carbonyl (C=O) groups excluding carboxylic acids is 1. The first-order valence-corrected chi connectivity index (χ1v) is 8.83. The molecule has 0 aliphatic rings. The Labute approximate surface area is 158 Å². The summed E-state index contributed by atoms with van der Waals surface area (Å²) in [5.41, 5.74) is 4.56. The maximum absolute atomic E-state index is 12.8. The largest absolute Gasteiger partial charge is 0.348 e. The molecule has 3 aromatic carbocycles. The predicted octanol–water partition coefficient (Wildman–Crippen LogP) is 4.47. The number of amides is 1. The van der Waals surface area contributed by atoms with Crippen LogP contribution in [0.15, 0.2) is 97.3 Å². The van der Waals surface area contributed by atoms with E-state index in [-0.39, 0.29) is 5.91 Å². The fraction of sp³-hybridized carbons (Fsp3) is 0.0435. The minimum absolute atomic E-state index is 0.0954. The first-order chi connectivity index (χ1) is 13.3. The van der Waals surface area contributed by atoms with E-state index in [0.717, 1.165) is 22.4 Å². The van der Waals surface area contributed by atoms with Crippen LogP contribution in [0.3, 0.4) is 0 Å². The van der Waals surface area contributed by atoms with Crippen LogP contribution in [-0.4, -0.2) is 15.7 Å². The van der Waals surface area contributed by atoms with Crippen molar-refractivity contribution in [3.05, 3.63) is 108 Å². The summed E-state index contributed by atoms with van der Waals surface area (Å²) in [7, 11) is 0. The second-order valence-corrected chi connectivity index (χ2v) is 6.22. The van der Waals surface area contributed by atoms with E-state index in [9.17, 15) is 4.79 Å². The third kappa shape index (κ3) is 3.80. The number of rotatable bonds is 5. The molecule has 4 rings (SSSR count). The molecule has 0 fully saturated rings. The van der Waals surface area contributed by atoms with Crippen LogP contribution in [0.2, 0.25) is 0 Å². The normalized spacial score (nSPS) is 10.5. The molecule has 4 heteroatoms. The van der Waals surface area contributed by atoms with Crippen LogP contribution in [0.1, 0.15) is 15.9 Å². The average molecular weight is 353 g/mol. The molecule has 0 spiro atoms. The number of para-hydroxylation sites is 1. The Morgan fingerprint density at radius 3 is 2.30 bits per heavy atom. The fourth-order valence-corrected chi connectivity index (χ4v) is 3.00. The van der Waals surface area contributed by atoms with E-state index in [1.54, 1.807) is 10.9 Å². The van der Waals surface area contributed by atoms with Crippen molar-refractivity contribution in [2.75, 3.05) is 0 Å². The van der Waals surface area contributed by atoms with Gasteiger partial charge in [0.1, 0.15) is 0 Å². The zero-order valence-electron chi connectivity index (χ0n) is 14.7. The summed E-state index contributed by atoms with van der Waals surface area (Å²) >= 11 is 0. The number of hydrogen-bond acceptors (Lipinski definition) is 2. The van der Waals surface area contributed by atoms with Crippen molar-refractivity contribution in [2.24, 2.45) is 0 Å². The Hall–Kier alpha value is -3.66. The van der Waals surface area contributed by atoms with Gasteiger partial charge in [-0.3, -0.25) is 4.79 Å². The predicted molar refractivity (Wildman–Crippen MR) is 107 cm³/mol. The topological polar surface area (TPSA) is 46.9 Å². The maximum Gasteiger partial charge on any atom is 0.252 e. The minimum Gasteiger partial charge on any atom is -0.348 e. The van der Waals surface area contributed by atoms with Crippen LogP contribution in [0, 0.1) is 0 Å². The van der Waals surface area contributed by atoms with Crippen molar-refractivity contribution in [1.29, 1.82) is 0 Å². The number of hydrogen-bond donors (Lipinski definition) is 1. The van der Waals surface area contributed by atoms with Gasteiger partial charge in [0.2, 0.25) is 0 Å². The molecular weight excluding hydrogens is 334 g/mol. The molecule has 1 heterocycles. The molecular formula is C23H19N3O. The van der Waals surface area contributed by atoms with Gasteiger partial charge < -0.3 is 5.32 Å². The van der Waals surface area contributed by atoms with Crippen molar-refractivity contribution in [3.8, 4) is 16.8 Å². The third-order valence-corrected chi connectivity index (χ3v) is 4.37. The zero-order chi connectivity index (χ0) is 18.5. The van der Waals surface area contributed by atoms with E-state index in [1.807, 2.05) is 91.1 Å². The van der Waals surface area contributed by atoms with Gasteiger partial charge in [-0.25, -0.2) is 4.68 Å². The number of carbonyl (C=O) groups is 1. The Balaban J connectivity index is 1.49. The summed E-state index contributed by atoms with van der Waals surface area (Å²) in [6.07, 6.45) is 3.70. The van der Waals surface area contributed by atoms with E-state index in [4.69, 9.17) is 0 Å². The van der Waals surface area contributed by atoms with Gasteiger partial charge in [0.15, 0.2) is 0 Å². The molecule has 0 radical (unpaired) electrons. The summed E-state index contributed by atoms with van der Waals surface area (Å²) in [6, 6.07) is 27.5. The van der Waals surface area contributed by atoms with Gasteiger partial charge in [0.25, 0.3) is 5.91 Å². The molecule has 1 amide bonds. The lowest BCUT2D eigenvalue weighted by Gasteiger charge is -2.10. The Morgan fingerprint density at radius 1 is 0.852 bits per heavy atom. The molecule has 0 atom stereocenters. The van der Waals surface area contributed by atoms with Crippen molar-refractivity contribution >= 4 is 5.91 Å². The van der Waals surface area contributed by atoms with E-state index in [2.05, 4.69) is 10.4 Å². The van der Waals surface area contributed by atoms with Crippen molar-refractivity contribution in [1.82, 2.24) is 15.1 Å². The second-order valence-electron chi connectivity index (χ2n) is 6.22. The van der Waals surface area contributed by atoms with Crippen LogP contribution in [0.4, 0.5) is 0 Å². The van der Waals surface area contributed by atoms with Crippen LogP contribution in [-0.2, 0) is 6.54 Å². The summed E-state index contributed by atoms with van der Waals surface area (Å²) in [4.78, 5) is 12.8. The summed E-state index contributed by atoms with van der Waals surface area (Å²) < 4.78 is 1.80.